The van der Waals surface area contributed by atoms with Gasteiger partial charge in [0.05, 0.1) is 6.54 Å². The second-order valence-corrected chi connectivity index (χ2v) is 6.69. The summed E-state index contributed by atoms with van der Waals surface area (Å²) >= 11 is 0. The molecule has 2 rings (SSSR count). The molecule has 0 aliphatic carbocycles. The quantitative estimate of drug-likeness (QED) is 0.327. The van der Waals surface area contributed by atoms with Crippen LogP contribution in [-0.2, 0) is 13.1 Å². The minimum absolute atomic E-state index is 0. The molecular formula is C23H33IN4O. The highest BCUT2D eigenvalue weighted by Crippen LogP contribution is 2.10. The van der Waals surface area contributed by atoms with Gasteiger partial charge in [-0.3, -0.25) is 4.79 Å². The third-order valence-electron chi connectivity index (χ3n) is 4.62. The minimum Gasteiger partial charge on any atom is -0.357 e. The Morgan fingerprint density at radius 3 is 2.10 bits per heavy atom. The first-order valence-corrected chi connectivity index (χ1v) is 10.0. The Labute approximate surface area is 192 Å². The third-order valence-corrected chi connectivity index (χ3v) is 4.62. The molecule has 0 atom stereocenters. The van der Waals surface area contributed by atoms with Crippen molar-refractivity contribution in [3.8, 4) is 0 Å². The van der Waals surface area contributed by atoms with Gasteiger partial charge in [0, 0.05) is 38.8 Å². The predicted octanol–water partition coefficient (Wildman–Crippen LogP) is 4.38. The van der Waals surface area contributed by atoms with Crippen LogP contribution in [0.5, 0.6) is 0 Å². The summed E-state index contributed by atoms with van der Waals surface area (Å²) in [7, 11) is 2.04. The summed E-state index contributed by atoms with van der Waals surface area (Å²) in [6, 6.07) is 18.1. The summed E-state index contributed by atoms with van der Waals surface area (Å²) in [5.41, 5.74) is 3.05. The van der Waals surface area contributed by atoms with Crippen molar-refractivity contribution in [2.45, 2.75) is 33.9 Å². The minimum atomic E-state index is 0. The van der Waals surface area contributed by atoms with Gasteiger partial charge in [-0.15, -0.1) is 24.0 Å². The first-order chi connectivity index (χ1) is 13.6. The molecule has 1 amide bonds. The Hall–Kier alpha value is -2.09. The zero-order valence-corrected chi connectivity index (χ0v) is 20.2. The Balaban J connectivity index is 0.00000420. The van der Waals surface area contributed by atoms with Crippen molar-refractivity contribution in [1.82, 2.24) is 15.1 Å². The number of rotatable bonds is 8. The monoisotopic (exact) mass is 508 g/mol. The van der Waals surface area contributed by atoms with Crippen molar-refractivity contribution in [3.05, 3.63) is 71.3 Å². The Morgan fingerprint density at radius 2 is 1.55 bits per heavy atom. The second kappa shape index (κ2) is 13.2. The normalized spacial score (nSPS) is 10.8. The summed E-state index contributed by atoms with van der Waals surface area (Å²) in [5.74, 6) is 0.950. The molecule has 29 heavy (non-hydrogen) atoms. The maximum absolute atomic E-state index is 12.4. The Bertz CT molecular complexity index is 758. The molecule has 2 aromatic carbocycles. The van der Waals surface area contributed by atoms with Crippen LogP contribution in [0.2, 0.25) is 0 Å². The average molecular weight is 508 g/mol. The van der Waals surface area contributed by atoms with Crippen molar-refractivity contribution < 1.29 is 4.79 Å². The highest BCUT2D eigenvalue weighted by Gasteiger charge is 2.12. The number of hydrogen-bond donors (Lipinski definition) is 1. The summed E-state index contributed by atoms with van der Waals surface area (Å²) in [4.78, 5) is 21.1. The van der Waals surface area contributed by atoms with Crippen molar-refractivity contribution >= 4 is 35.8 Å². The first kappa shape index (κ1) is 24.9. The number of hydrogen-bond acceptors (Lipinski definition) is 2. The Morgan fingerprint density at radius 1 is 0.931 bits per heavy atom. The van der Waals surface area contributed by atoms with E-state index < -0.39 is 0 Å². The molecule has 0 bridgehead atoms. The molecule has 6 heteroatoms. The molecule has 0 saturated carbocycles. The van der Waals surface area contributed by atoms with Gasteiger partial charge < -0.3 is 15.1 Å². The molecule has 2 aromatic rings. The topological polar surface area (TPSA) is 47.9 Å². The van der Waals surface area contributed by atoms with Crippen LogP contribution < -0.4 is 5.32 Å². The maximum atomic E-state index is 12.4. The van der Waals surface area contributed by atoms with E-state index in [4.69, 9.17) is 4.99 Å². The molecule has 0 aromatic heterocycles. The molecule has 0 aliphatic heterocycles. The number of nitrogens with one attached hydrogen (secondary N) is 1. The summed E-state index contributed by atoms with van der Waals surface area (Å²) in [6.45, 7) is 9.69. The number of amides is 1. The Kier molecular flexibility index (Phi) is 11.3. The number of aliphatic imine (C=N–C) groups is 1. The van der Waals surface area contributed by atoms with Crippen LogP contribution in [0.3, 0.4) is 0 Å². The smallest absolute Gasteiger partial charge is 0.253 e. The lowest BCUT2D eigenvalue weighted by atomic mass is 10.1. The number of benzene rings is 2. The molecule has 0 heterocycles. The van der Waals surface area contributed by atoms with E-state index in [2.05, 4.69) is 29.3 Å². The van der Waals surface area contributed by atoms with Crippen molar-refractivity contribution in [2.24, 2.45) is 4.99 Å². The van der Waals surface area contributed by atoms with E-state index in [9.17, 15) is 4.79 Å². The van der Waals surface area contributed by atoms with E-state index in [1.165, 1.54) is 5.56 Å². The fourth-order valence-corrected chi connectivity index (χ4v) is 3.01. The van der Waals surface area contributed by atoms with Crippen LogP contribution in [-0.4, -0.2) is 48.3 Å². The lowest BCUT2D eigenvalue weighted by Crippen LogP contribution is -2.38. The maximum Gasteiger partial charge on any atom is 0.253 e. The van der Waals surface area contributed by atoms with Gasteiger partial charge in [-0.1, -0.05) is 42.5 Å². The number of guanidine groups is 1. The van der Waals surface area contributed by atoms with Gasteiger partial charge in [0.25, 0.3) is 5.91 Å². The molecule has 0 radical (unpaired) electrons. The SMILES string of the molecule is CCNC(=NCc1ccc(C(=O)N(CC)CC)cc1)N(C)Cc1ccccc1.I. The fraction of sp³-hybridized carbons (Fsp3) is 0.391. The van der Waals surface area contributed by atoms with Gasteiger partial charge in [0.15, 0.2) is 5.96 Å². The highest BCUT2D eigenvalue weighted by molar-refractivity contribution is 14.0. The van der Waals surface area contributed by atoms with Gasteiger partial charge >= 0.3 is 0 Å². The van der Waals surface area contributed by atoms with Crippen LogP contribution >= 0.6 is 24.0 Å². The van der Waals surface area contributed by atoms with Gasteiger partial charge in [-0.05, 0) is 44.0 Å². The van der Waals surface area contributed by atoms with Crippen molar-refractivity contribution in [2.75, 3.05) is 26.7 Å². The third kappa shape index (κ3) is 7.68. The summed E-state index contributed by atoms with van der Waals surface area (Å²) in [5, 5.41) is 3.35. The molecule has 0 saturated heterocycles. The molecular weight excluding hydrogens is 475 g/mol. The molecule has 158 valence electrons. The zero-order valence-electron chi connectivity index (χ0n) is 17.9. The van der Waals surface area contributed by atoms with Gasteiger partial charge in [0.1, 0.15) is 0 Å². The molecule has 0 spiro atoms. The average Bonchev–Trinajstić information content (AvgIpc) is 2.73. The largest absolute Gasteiger partial charge is 0.357 e. The fourth-order valence-electron chi connectivity index (χ4n) is 3.01. The standard InChI is InChI=1S/C23H32N4O.HI/c1-5-24-23(26(4)18-20-11-9-8-10-12-20)25-17-19-13-15-21(16-14-19)22(28)27(6-2)7-3;/h8-16H,5-7,17-18H2,1-4H3,(H,24,25);1H. The molecule has 5 nitrogen and oxygen atoms in total. The van der Waals surface area contributed by atoms with E-state index in [1.54, 1.807) is 0 Å². The molecule has 0 aliphatic rings. The van der Waals surface area contributed by atoms with Crippen molar-refractivity contribution in [3.63, 3.8) is 0 Å². The molecule has 1 N–H and O–H groups in total. The van der Waals surface area contributed by atoms with Crippen LogP contribution in [0, 0.1) is 0 Å². The van der Waals surface area contributed by atoms with Crippen LogP contribution in [0.1, 0.15) is 42.3 Å². The number of carbonyl (C=O) groups excluding carboxylic acids is 1. The van der Waals surface area contributed by atoms with Crippen molar-refractivity contribution in [1.29, 1.82) is 0 Å². The van der Waals surface area contributed by atoms with Gasteiger partial charge in [-0.2, -0.15) is 0 Å². The lowest BCUT2D eigenvalue weighted by molar-refractivity contribution is 0.0773. The first-order valence-electron chi connectivity index (χ1n) is 10.0. The molecule has 0 fully saturated rings. The predicted molar refractivity (Wildman–Crippen MR) is 132 cm³/mol. The van der Waals surface area contributed by atoms with E-state index in [0.717, 1.165) is 43.3 Å². The van der Waals surface area contributed by atoms with Crippen LogP contribution in [0.15, 0.2) is 59.6 Å². The summed E-state index contributed by atoms with van der Waals surface area (Å²) < 4.78 is 0. The highest BCUT2D eigenvalue weighted by atomic mass is 127. The number of nitrogens with zero attached hydrogens (tertiary/aromatic N) is 3. The van der Waals surface area contributed by atoms with Crippen LogP contribution in [0.4, 0.5) is 0 Å². The second-order valence-electron chi connectivity index (χ2n) is 6.69. The van der Waals surface area contributed by atoms with Crippen LogP contribution in [0.25, 0.3) is 0 Å². The number of carbonyl (C=O) groups is 1. The van der Waals surface area contributed by atoms with Gasteiger partial charge in [-0.25, -0.2) is 4.99 Å². The van der Waals surface area contributed by atoms with E-state index >= 15 is 0 Å². The van der Waals surface area contributed by atoms with Gasteiger partial charge in [0.2, 0.25) is 0 Å². The zero-order chi connectivity index (χ0) is 20.4. The van der Waals surface area contributed by atoms with E-state index in [-0.39, 0.29) is 29.9 Å². The van der Waals surface area contributed by atoms with E-state index in [1.807, 2.05) is 68.3 Å². The summed E-state index contributed by atoms with van der Waals surface area (Å²) in [6.07, 6.45) is 0. The number of halogens is 1. The van der Waals surface area contributed by atoms with E-state index in [0.29, 0.717) is 6.54 Å². The lowest BCUT2D eigenvalue weighted by Gasteiger charge is -2.22. The molecule has 0 unspecified atom stereocenters.